The van der Waals surface area contributed by atoms with Gasteiger partial charge in [-0.05, 0) is 5.92 Å². The molecule has 118 valence electrons. The first kappa shape index (κ1) is 17.5. The third-order valence-electron chi connectivity index (χ3n) is 2.03. The molecule has 0 unspecified atom stereocenters. The molecule has 0 fully saturated rings. The standard InChI is InChI=1S/C10H16N4O5S2/c1-6(2)5-19-8(16)4-3-7(15)12-9-13-14-10(20-9)21(11,17)18/h6H,3-5H2,1-2H3,(H2,11,17,18)(H,12,13,15). The number of anilines is 1. The van der Waals surface area contributed by atoms with Crippen LogP contribution in [-0.4, -0.2) is 37.1 Å². The summed E-state index contributed by atoms with van der Waals surface area (Å²) in [6, 6.07) is 0. The number of rotatable bonds is 7. The summed E-state index contributed by atoms with van der Waals surface area (Å²) in [6.45, 7) is 4.10. The van der Waals surface area contributed by atoms with Crippen molar-refractivity contribution in [1.82, 2.24) is 10.2 Å². The van der Waals surface area contributed by atoms with E-state index in [1.54, 1.807) is 0 Å². The van der Waals surface area contributed by atoms with Crippen molar-refractivity contribution in [3.63, 3.8) is 0 Å². The molecule has 0 spiro atoms. The Balaban J connectivity index is 2.41. The highest BCUT2D eigenvalue weighted by molar-refractivity contribution is 7.91. The van der Waals surface area contributed by atoms with Crippen LogP contribution in [0.1, 0.15) is 26.7 Å². The Labute approximate surface area is 125 Å². The lowest BCUT2D eigenvalue weighted by Gasteiger charge is -2.06. The van der Waals surface area contributed by atoms with Gasteiger partial charge in [0.1, 0.15) is 0 Å². The smallest absolute Gasteiger partial charge is 0.306 e. The van der Waals surface area contributed by atoms with Crippen LogP contribution in [0, 0.1) is 5.92 Å². The lowest BCUT2D eigenvalue weighted by molar-refractivity contribution is -0.145. The zero-order valence-electron chi connectivity index (χ0n) is 11.5. The quantitative estimate of drug-likeness (QED) is 0.531. The topological polar surface area (TPSA) is 141 Å². The molecule has 0 aliphatic heterocycles. The molecule has 1 rings (SSSR count). The summed E-state index contributed by atoms with van der Waals surface area (Å²) in [6.07, 6.45) is -0.166. The van der Waals surface area contributed by atoms with E-state index in [1.807, 2.05) is 13.8 Å². The molecule has 0 aliphatic carbocycles. The molecular weight excluding hydrogens is 320 g/mol. The summed E-state index contributed by atoms with van der Waals surface area (Å²) in [5.74, 6) is -0.740. The Kier molecular flexibility index (Phi) is 6.18. The number of nitrogens with zero attached hydrogens (tertiary/aromatic N) is 2. The van der Waals surface area contributed by atoms with Gasteiger partial charge in [-0.1, -0.05) is 25.2 Å². The van der Waals surface area contributed by atoms with Crippen LogP contribution in [0.15, 0.2) is 4.34 Å². The number of carbonyl (C=O) groups excluding carboxylic acids is 2. The molecule has 0 saturated heterocycles. The Bertz CT molecular complexity index is 611. The molecule has 0 aliphatic rings. The van der Waals surface area contributed by atoms with Crippen LogP contribution in [0.25, 0.3) is 0 Å². The van der Waals surface area contributed by atoms with E-state index in [-0.39, 0.29) is 23.9 Å². The number of amides is 1. The highest BCUT2D eigenvalue weighted by Gasteiger charge is 2.16. The summed E-state index contributed by atoms with van der Waals surface area (Å²) >= 11 is 0.633. The van der Waals surface area contributed by atoms with Crippen molar-refractivity contribution in [1.29, 1.82) is 0 Å². The fourth-order valence-electron chi connectivity index (χ4n) is 1.10. The van der Waals surface area contributed by atoms with Crippen LogP contribution in [-0.2, 0) is 24.3 Å². The average molecular weight is 336 g/mol. The van der Waals surface area contributed by atoms with Crippen LogP contribution in [0.2, 0.25) is 0 Å². The summed E-state index contributed by atoms with van der Waals surface area (Å²) in [5.41, 5.74) is 0. The molecule has 3 N–H and O–H groups in total. The van der Waals surface area contributed by atoms with Crippen LogP contribution in [0.5, 0.6) is 0 Å². The van der Waals surface area contributed by atoms with Gasteiger partial charge in [0.25, 0.3) is 10.0 Å². The first-order valence-electron chi connectivity index (χ1n) is 6.00. The van der Waals surface area contributed by atoms with E-state index in [1.165, 1.54) is 0 Å². The van der Waals surface area contributed by atoms with Crippen molar-refractivity contribution in [2.24, 2.45) is 11.1 Å². The number of aromatic nitrogens is 2. The largest absolute Gasteiger partial charge is 0.465 e. The fraction of sp³-hybridized carbons (Fsp3) is 0.600. The molecule has 1 aromatic rings. The van der Waals surface area contributed by atoms with Gasteiger partial charge in [-0.2, -0.15) is 0 Å². The zero-order chi connectivity index (χ0) is 16.0. The third kappa shape index (κ3) is 6.60. The fourth-order valence-corrected chi connectivity index (χ4v) is 2.45. The van der Waals surface area contributed by atoms with Crippen molar-refractivity contribution in [3.05, 3.63) is 0 Å². The minimum atomic E-state index is -3.94. The monoisotopic (exact) mass is 336 g/mol. The number of nitrogens with one attached hydrogen (secondary N) is 1. The van der Waals surface area contributed by atoms with E-state index in [9.17, 15) is 18.0 Å². The maximum Gasteiger partial charge on any atom is 0.306 e. The van der Waals surface area contributed by atoms with Crippen molar-refractivity contribution >= 4 is 38.4 Å². The van der Waals surface area contributed by atoms with E-state index < -0.39 is 26.2 Å². The SMILES string of the molecule is CC(C)COC(=O)CCC(=O)Nc1nnc(S(N)(=O)=O)s1. The number of esters is 1. The Hall–Kier alpha value is -1.59. The van der Waals surface area contributed by atoms with Gasteiger partial charge in [0, 0.05) is 6.42 Å². The van der Waals surface area contributed by atoms with Gasteiger partial charge >= 0.3 is 5.97 Å². The molecule has 21 heavy (non-hydrogen) atoms. The summed E-state index contributed by atoms with van der Waals surface area (Å²) in [4.78, 5) is 22.9. The number of primary sulfonamides is 1. The molecule has 1 heterocycles. The first-order chi connectivity index (χ1) is 9.68. The summed E-state index contributed by atoms with van der Waals surface area (Å²) < 4.78 is 26.5. The maximum absolute atomic E-state index is 11.6. The number of hydrogen-bond donors (Lipinski definition) is 2. The lowest BCUT2D eigenvalue weighted by atomic mass is 10.2. The molecule has 0 aromatic carbocycles. The second kappa shape index (κ2) is 7.43. The Morgan fingerprint density at radius 2 is 2.00 bits per heavy atom. The predicted molar refractivity (Wildman–Crippen MR) is 74.9 cm³/mol. The normalized spacial score (nSPS) is 11.4. The van der Waals surface area contributed by atoms with E-state index in [4.69, 9.17) is 9.88 Å². The molecule has 1 aromatic heterocycles. The second-order valence-electron chi connectivity index (χ2n) is 4.54. The van der Waals surface area contributed by atoms with Crippen LogP contribution in [0.4, 0.5) is 5.13 Å². The van der Waals surface area contributed by atoms with Crippen molar-refractivity contribution in [2.75, 3.05) is 11.9 Å². The van der Waals surface area contributed by atoms with Gasteiger partial charge in [0.05, 0.1) is 13.0 Å². The predicted octanol–water partition coefficient (Wildman–Crippen LogP) is 0.103. The zero-order valence-corrected chi connectivity index (χ0v) is 13.2. The van der Waals surface area contributed by atoms with Crippen molar-refractivity contribution < 1.29 is 22.7 Å². The number of carbonyl (C=O) groups is 2. The van der Waals surface area contributed by atoms with E-state index >= 15 is 0 Å². The molecular formula is C10H16N4O5S2. The molecule has 0 atom stereocenters. The van der Waals surface area contributed by atoms with Gasteiger partial charge in [0.2, 0.25) is 15.4 Å². The lowest BCUT2D eigenvalue weighted by Crippen LogP contribution is -2.15. The molecule has 0 saturated carbocycles. The van der Waals surface area contributed by atoms with E-state index in [0.29, 0.717) is 17.9 Å². The molecule has 0 bridgehead atoms. The minimum Gasteiger partial charge on any atom is -0.465 e. The van der Waals surface area contributed by atoms with Gasteiger partial charge in [-0.25, -0.2) is 13.6 Å². The highest BCUT2D eigenvalue weighted by atomic mass is 32.2. The Morgan fingerprint density at radius 3 is 2.52 bits per heavy atom. The number of hydrogen-bond acceptors (Lipinski definition) is 8. The number of ether oxygens (including phenoxy) is 1. The van der Waals surface area contributed by atoms with E-state index in [0.717, 1.165) is 0 Å². The molecule has 0 radical (unpaired) electrons. The second-order valence-corrected chi connectivity index (χ2v) is 7.26. The Morgan fingerprint density at radius 1 is 1.33 bits per heavy atom. The molecule has 11 heteroatoms. The summed E-state index contributed by atoms with van der Waals surface area (Å²) in [5, 5.41) is 14.0. The van der Waals surface area contributed by atoms with Crippen LogP contribution in [0.3, 0.4) is 0 Å². The number of sulfonamides is 1. The van der Waals surface area contributed by atoms with Crippen LogP contribution >= 0.6 is 11.3 Å². The van der Waals surface area contributed by atoms with Gasteiger partial charge in [-0.3, -0.25) is 9.59 Å². The maximum atomic E-state index is 11.6. The van der Waals surface area contributed by atoms with Crippen molar-refractivity contribution in [3.8, 4) is 0 Å². The minimum absolute atomic E-state index is 0.000396. The highest BCUT2D eigenvalue weighted by Crippen LogP contribution is 2.18. The van der Waals surface area contributed by atoms with Crippen LogP contribution < -0.4 is 10.5 Å². The first-order valence-corrected chi connectivity index (χ1v) is 8.36. The number of nitrogens with two attached hydrogens (primary N) is 1. The average Bonchev–Trinajstić information content (AvgIpc) is 2.82. The van der Waals surface area contributed by atoms with Gasteiger partial charge < -0.3 is 10.1 Å². The van der Waals surface area contributed by atoms with Crippen molar-refractivity contribution in [2.45, 2.75) is 31.0 Å². The van der Waals surface area contributed by atoms with E-state index in [2.05, 4.69) is 15.5 Å². The molecule has 1 amide bonds. The van der Waals surface area contributed by atoms with Gasteiger partial charge in [0.15, 0.2) is 0 Å². The van der Waals surface area contributed by atoms with Gasteiger partial charge in [-0.15, -0.1) is 10.2 Å². The summed E-state index contributed by atoms with van der Waals surface area (Å²) in [7, 11) is -3.94. The molecule has 9 nitrogen and oxygen atoms in total. The third-order valence-corrected chi connectivity index (χ3v) is 4.18.